The fourth-order valence-corrected chi connectivity index (χ4v) is 3.17. The van der Waals surface area contributed by atoms with Crippen molar-refractivity contribution in [3.8, 4) is 5.75 Å². The molecule has 0 saturated heterocycles. The third-order valence-corrected chi connectivity index (χ3v) is 4.16. The highest BCUT2D eigenvalue weighted by Crippen LogP contribution is 2.42. The Balaban J connectivity index is 2.64. The summed E-state index contributed by atoms with van der Waals surface area (Å²) < 4.78 is 6.16. The van der Waals surface area contributed by atoms with Crippen molar-refractivity contribution in [2.45, 2.75) is 65.9 Å². The minimum Gasteiger partial charge on any atom is -0.489 e. The van der Waals surface area contributed by atoms with E-state index in [0.29, 0.717) is 6.10 Å². The van der Waals surface area contributed by atoms with Gasteiger partial charge in [0.1, 0.15) is 11.9 Å². The highest BCUT2D eigenvalue weighted by Gasteiger charge is 2.29. The second-order valence-electron chi connectivity index (χ2n) is 5.07. The zero-order valence-corrected chi connectivity index (χ0v) is 12.1. The molecule has 1 aromatic carbocycles. The maximum absolute atomic E-state index is 6.39. The largest absolute Gasteiger partial charge is 0.489 e. The molecule has 0 aliphatic carbocycles. The van der Waals surface area contributed by atoms with Gasteiger partial charge >= 0.3 is 0 Å². The minimum atomic E-state index is 0.349. The van der Waals surface area contributed by atoms with Crippen molar-refractivity contribution in [1.82, 2.24) is 0 Å². The van der Waals surface area contributed by atoms with Crippen LogP contribution in [0.4, 0.5) is 5.69 Å². The van der Waals surface area contributed by atoms with Crippen molar-refractivity contribution in [2.24, 2.45) is 0 Å². The molecule has 18 heavy (non-hydrogen) atoms. The zero-order chi connectivity index (χ0) is 13.3. The molecular weight excluding hydrogens is 222 g/mol. The maximum Gasteiger partial charge on any atom is 0.126 e. The Hall–Kier alpha value is -1.18. The van der Waals surface area contributed by atoms with Gasteiger partial charge in [0.05, 0.1) is 0 Å². The highest BCUT2D eigenvalue weighted by molar-refractivity contribution is 5.67. The Morgan fingerprint density at radius 1 is 1.00 bits per heavy atom. The second-order valence-corrected chi connectivity index (χ2v) is 5.07. The standard InChI is InChI=1S/C16H25NO/c1-5-10-9-14-12(7-3)15(17)11(6-2)13(8-4)16(14)18-10/h10H,5-9,17H2,1-4H3. The van der Waals surface area contributed by atoms with Crippen LogP contribution in [-0.4, -0.2) is 6.10 Å². The molecule has 1 aromatic rings. The van der Waals surface area contributed by atoms with Crippen molar-refractivity contribution >= 4 is 5.69 Å². The molecule has 2 N–H and O–H groups in total. The van der Waals surface area contributed by atoms with Crippen LogP contribution in [0.15, 0.2) is 0 Å². The summed E-state index contributed by atoms with van der Waals surface area (Å²) in [4.78, 5) is 0. The molecule has 100 valence electrons. The van der Waals surface area contributed by atoms with Crippen LogP contribution < -0.4 is 10.5 Å². The van der Waals surface area contributed by atoms with Crippen LogP contribution in [0.3, 0.4) is 0 Å². The van der Waals surface area contributed by atoms with Gasteiger partial charge in [0.25, 0.3) is 0 Å². The van der Waals surface area contributed by atoms with E-state index in [1.807, 2.05) is 0 Å². The number of hydrogen-bond acceptors (Lipinski definition) is 2. The van der Waals surface area contributed by atoms with Crippen LogP contribution in [0.1, 0.15) is 56.4 Å². The van der Waals surface area contributed by atoms with Gasteiger partial charge in [-0.25, -0.2) is 0 Å². The smallest absolute Gasteiger partial charge is 0.126 e. The summed E-state index contributed by atoms with van der Waals surface area (Å²) in [6.45, 7) is 8.76. The van der Waals surface area contributed by atoms with E-state index in [9.17, 15) is 0 Å². The van der Waals surface area contributed by atoms with Crippen LogP contribution in [0.25, 0.3) is 0 Å². The van der Waals surface area contributed by atoms with Gasteiger partial charge in [-0.05, 0) is 42.4 Å². The summed E-state index contributed by atoms with van der Waals surface area (Å²) in [7, 11) is 0. The number of rotatable bonds is 4. The molecule has 1 unspecified atom stereocenters. The van der Waals surface area contributed by atoms with Gasteiger partial charge in [0.15, 0.2) is 0 Å². The fourth-order valence-electron chi connectivity index (χ4n) is 3.17. The van der Waals surface area contributed by atoms with Gasteiger partial charge < -0.3 is 10.5 Å². The zero-order valence-electron chi connectivity index (χ0n) is 12.1. The van der Waals surface area contributed by atoms with E-state index < -0.39 is 0 Å². The lowest BCUT2D eigenvalue weighted by Gasteiger charge is -2.18. The van der Waals surface area contributed by atoms with Crippen molar-refractivity contribution in [3.63, 3.8) is 0 Å². The van der Waals surface area contributed by atoms with E-state index in [1.54, 1.807) is 0 Å². The number of ether oxygens (including phenoxy) is 1. The van der Waals surface area contributed by atoms with Gasteiger partial charge in [-0.15, -0.1) is 0 Å². The molecule has 0 fully saturated rings. The van der Waals surface area contributed by atoms with Crippen LogP contribution in [0.5, 0.6) is 5.75 Å². The average molecular weight is 247 g/mol. The van der Waals surface area contributed by atoms with Crippen LogP contribution in [-0.2, 0) is 25.7 Å². The lowest BCUT2D eigenvalue weighted by molar-refractivity contribution is 0.226. The van der Waals surface area contributed by atoms with Crippen molar-refractivity contribution in [1.29, 1.82) is 0 Å². The number of nitrogens with two attached hydrogens (primary N) is 1. The molecular formula is C16H25NO. The Kier molecular flexibility index (Phi) is 3.84. The topological polar surface area (TPSA) is 35.2 Å². The van der Waals surface area contributed by atoms with Crippen molar-refractivity contribution in [3.05, 3.63) is 22.3 Å². The fraction of sp³-hybridized carbons (Fsp3) is 0.625. The molecule has 1 atom stereocenters. The van der Waals surface area contributed by atoms with Crippen LogP contribution >= 0.6 is 0 Å². The third kappa shape index (κ3) is 1.88. The molecule has 0 bridgehead atoms. The third-order valence-electron chi connectivity index (χ3n) is 4.16. The quantitative estimate of drug-likeness (QED) is 0.824. The molecule has 0 saturated carbocycles. The minimum absolute atomic E-state index is 0.349. The molecule has 2 nitrogen and oxygen atoms in total. The summed E-state index contributed by atoms with van der Waals surface area (Å²) in [5.41, 5.74) is 12.8. The second kappa shape index (κ2) is 5.21. The maximum atomic E-state index is 6.39. The molecule has 1 aliphatic rings. The molecule has 0 radical (unpaired) electrons. The molecule has 1 heterocycles. The lowest BCUT2D eigenvalue weighted by atomic mass is 9.89. The van der Waals surface area contributed by atoms with Gasteiger partial charge in [0, 0.05) is 17.7 Å². The van der Waals surface area contributed by atoms with Gasteiger partial charge in [-0.3, -0.25) is 0 Å². The number of hydrogen-bond donors (Lipinski definition) is 1. The Morgan fingerprint density at radius 2 is 1.61 bits per heavy atom. The summed E-state index contributed by atoms with van der Waals surface area (Å²) in [6, 6.07) is 0. The predicted octanol–water partition coefficient (Wildman–Crippen LogP) is 3.67. The Bertz CT molecular complexity index is 451. The van der Waals surface area contributed by atoms with Crippen LogP contribution in [0, 0.1) is 0 Å². The summed E-state index contributed by atoms with van der Waals surface area (Å²) in [5, 5.41) is 0. The van der Waals surface area contributed by atoms with E-state index in [0.717, 1.165) is 43.5 Å². The first-order valence-electron chi connectivity index (χ1n) is 7.29. The number of fused-ring (bicyclic) bond motifs is 1. The van der Waals surface area contributed by atoms with Gasteiger partial charge in [0.2, 0.25) is 0 Å². The molecule has 0 spiro atoms. The predicted molar refractivity (Wildman–Crippen MR) is 77.4 cm³/mol. The highest BCUT2D eigenvalue weighted by atomic mass is 16.5. The number of benzene rings is 1. The van der Waals surface area contributed by atoms with E-state index in [1.165, 1.54) is 22.3 Å². The first-order chi connectivity index (χ1) is 8.67. The molecule has 0 aromatic heterocycles. The van der Waals surface area contributed by atoms with E-state index >= 15 is 0 Å². The van der Waals surface area contributed by atoms with E-state index in [2.05, 4.69) is 27.7 Å². The van der Waals surface area contributed by atoms with E-state index in [-0.39, 0.29) is 0 Å². The monoisotopic (exact) mass is 247 g/mol. The lowest BCUT2D eigenvalue weighted by Crippen LogP contribution is -2.10. The van der Waals surface area contributed by atoms with E-state index in [4.69, 9.17) is 10.5 Å². The van der Waals surface area contributed by atoms with Crippen LogP contribution in [0.2, 0.25) is 0 Å². The molecule has 1 aliphatic heterocycles. The van der Waals surface area contributed by atoms with Gasteiger partial charge in [-0.2, -0.15) is 0 Å². The van der Waals surface area contributed by atoms with Crippen molar-refractivity contribution < 1.29 is 4.74 Å². The molecule has 2 heteroatoms. The summed E-state index contributed by atoms with van der Waals surface area (Å²) in [6.07, 6.45) is 5.47. The Labute approximate surface area is 111 Å². The van der Waals surface area contributed by atoms with Gasteiger partial charge in [-0.1, -0.05) is 27.7 Å². The normalized spacial score (nSPS) is 17.7. The number of anilines is 1. The molecule has 0 amide bonds. The first kappa shape index (κ1) is 13.3. The Morgan fingerprint density at radius 3 is 2.11 bits per heavy atom. The average Bonchev–Trinajstić information content (AvgIpc) is 2.80. The summed E-state index contributed by atoms with van der Waals surface area (Å²) in [5.74, 6) is 1.16. The number of nitrogen functional groups attached to an aromatic ring is 1. The summed E-state index contributed by atoms with van der Waals surface area (Å²) >= 11 is 0. The first-order valence-corrected chi connectivity index (χ1v) is 7.29. The SMILES string of the molecule is CCc1c(N)c(CC)c2c(c1CC)OC(CC)C2. The van der Waals surface area contributed by atoms with Crippen molar-refractivity contribution in [2.75, 3.05) is 5.73 Å². The molecule has 2 rings (SSSR count).